The van der Waals surface area contributed by atoms with Gasteiger partial charge >= 0.3 is 0 Å². The van der Waals surface area contributed by atoms with Gasteiger partial charge in [0.05, 0.1) is 0 Å². The lowest BCUT2D eigenvalue weighted by Crippen LogP contribution is -2.47. The molecule has 2 heterocycles. The highest BCUT2D eigenvalue weighted by atomic mass is 16.2. The Morgan fingerprint density at radius 1 is 1.08 bits per heavy atom. The largest absolute Gasteiger partial charge is 0.355 e. The van der Waals surface area contributed by atoms with E-state index in [1.165, 1.54) is 38.8 Å². The van der Waals surface area contributed by atoms with Gasteiger partial charge in [-0.05, 0) is 44.6 Å². The first kappa shape index (κ1) is 19.5. The van der Waals surface area contributed by atoms with Gasteiger partial charge in [0.2, 0.25) is 5.91 Å². The maximum absolute atomic E-state index is 12.6. The number of aliphatic imine (C=N–C) groups is 1. The minimum atomic E-state index is 0.290. The monoisotopic (exact) mass is 363 g/mol. The molecule has 2 atom stereocenters. The van der Waals surface area contributed by atoms with E-state index in [1.807, 2.05) is 7.05 Å². The number of guanidine groups is 1. The van der Waals surface area contributed by atoms with Crippen LogP contribution in [0.3, 0.4) is 0 Å². The first-order chi connectivity index (χ1) is 12.7. The van der Waals surface area contributed by atoms with Crippen molar-refractivity contribution in [1.29, 1.82) is 0 Å². The van der Waals surface area contributed by atoms with Crippen LogP contribution in [-0.2, 0) is 4.79 Å². The molecule has 0 spiro atoms. The molecule has 1 amide bonds. The molecule has 0 aromatic heterocycles. The zero-order chi connectivity index (χ0) is 18.4. The molecule has 3 aliphatic rings. The van der Waals surface area contributed by atoms with Crippen LogP contribution in [0.15, 0.2) is 4.99 Å². The van der Waals surface area contributed by atoms with Crippen LogP contribution in [0.2, 0.25) is 0 Å². The third kappa shape index (κ3) is 5.35. The highest BCUT2D eigenvalue weighted by Gasteiger charge is 2.32. The van der Waals surface area contributed by atoms with Crippen molar-refractivity contribution in [3.8, 4) is 0 Å². The number of hydrogen-bond donors (Lipinski definition) is 2. The Bertz CT molecular complexity index is 489. The van der Waals surface area contributed by atoms with Gasteiger partial charge in [0.15, 0.2) is 5.96 Å². The van der Waals surface area contributed by atoms with Crippen molar-refractivity contribution in [1.82, 2.24) is 20.4 Å². The normalized spacial score (nSPS) is 28.5. The lowest BCUT2D eigenvalue weighted by Gasteiger charge is -2.31. The van der Waals surface area contributed by atoms with Crippen molar-refractivity contribution in [2.45, 2.75) is 57.9 Å². The zero-order valence-corrected chi connectivity index (χ0v) is 16.7. The van der Waals surface area contributed by atoms with Crippen LogP contribution >= 0.6 is 0 Å². The van der Waals surface area contributed by atoms with Gasteiger partial charge in [0.1, 0.15) is 0 Å². The molecule has 6 heteroatoms. The predicted octanol–water partition coefficient (Wildman–Crippen LogP) is 1.67. The van der Waals surface area contributed by atoms with Crippen molar-refractivity contribution < 1.29 is 4.79 Å². The fourth-order valence-electron chi connectivity index (χ4n) is 4.72. The summed E-state index contributed by atoms with van der Waals surface area (Å²) >= 11 is 0. The molecule has 1 saturated carbocycles. The van der Waals surface area contributed by atoms with Crippen LogP contribution < -0.4 is 10.6 Å². The number of hydrogen-bond acceptors (Lipinski definition) is 3. The molecule has 3 rings (SSSR count). The molecule has 1 aliphatic carbocycles. The van der Waals surface area contributed by atoms with Crippen LogP contribution in [-0.4, -0.2) is 74.0 Å². The Balaban J connectivity index is 1.36. The molecule has 3 fully saturated rings. The second-order valence-corrected chi connectivity index (χ2v) is 8.44. The lowest BCUT2D eigenvalue weighted by atomic mass is 10.0. The summed E-state index contributed by atoms with van der Waals surface area (Å²) < 4.78 is 0. The molecular formula is C20H37N5O. The molecule has 0 aromatic carbocycles. The Morgan fingerprint density at radius 3 is 2.62 bits per heavy atom. The molecule has 6 nitrogen and oxygen atoms in total. The minimum absolute atomic E-state index is 0.290. The summed E-state index contributed by atoms with van der Waals surface area (Å²) in [4.78, 5) is 21.6. The number of carbonyl (C=O) groups is 1. The summed E-state index contributed by atoms with van der Waals surface area (Å²) in [5.74, 6) is 2.37. The molecule has 2 saturated heterocycles. The van der Waals surface area contributed by atoms with Crippen LogP contribution in [0.25, 0.3) is 0 Å². The SMILES string of the molecule is CN=C(NCCN1CCCC(C)C1)NC1CCN(C(=O)C2CCCC2)C1. The standard InChI is InChI=1S/C20H37N5O/c1-16-6-5-11-24(14-16)13-10-22-20(21-2)23-18-9-12-25(15-18)19(26)17-7-3-4-8-17/h16-18H,3-15H2,1-2H3,(H2,21,22,23). The molecular weight excluding hydrogens is 326 g/mol. The maximum Gasteiger partial charge on any atom is 0.225 e. The highest BCUT2D eigenvalue weighted by molar-refractivity contribution is 5.81. The summed E-state index contributed by atoms with van der Waals surface area (Å²) in [7, 11) is 1.83. The molecule has 0 radical (unpaired) electrons. The van der Waals surface area contributed by atoms with Gasteiger partial charge in [0, 0.05) is 51.7 Å². The van der Waals surface area contributed by atoms with Gasteiger partial charge in [-0.2, -0.15) is 0 Å². The number of likely N-dealkylation sites (tertiary alicyclic amines) is 2. The van der Waals surface area contributed by atoms with E-state index in [2.05, 4.69) is 32.3 Å². The van der Waals surface area contributed by atoms with Crippen LogP contribution in [0, 0.1) is 11.8 Å². The van der Waals surface area contributed by atoms with Crippen molar-refractivity contribution in [3.63, 3.8) is 0 Å². The first-order valence-corrected chi connectivity index (χ1v) is 10.6. The molecule has 26 heavy (non-hydrogen) atoms. The maximum atomic E-state index is 12.6. The third-order valence-electron chi connectivity index (χ3n) is 6.23. The average molecular weight is 364 g/mol. The van der Waals surface area contributed by atoms with Gasteiger partial charge in [-0.1, -0.05) is 19.8 Å². The van der Waals surface area contributed by atoms with Gasteiger partial charge in [-0.3, -0.25) is 9.79 Å². The number of nitrogens with one attached hydrogen (secondary N) is 2. The van der Waals surface area contributed by atoms with Crippen molar-refractivity contribution in [2.24, 2.45) is 16.8 Å². The fraction of sp³-hybridized carbons (Fsp3) is 0.900. The van der Waals surface area contributed by atoms with Gasteiger partial charge in [0.25, 0.3) is 0 Å². The summed E-state index contributed by atoms with van der Waals surface area (Å²) in [6.45, 7) is 8.48. The second kappa shape index (κ2) is 9.58. The Morgan fingerprint density at radius 2 is 1.88 bits per heavy atom. The van der Waals surface area contributed by atoms with Crippen LogP contribution in [0.1, 0.15) is 51.9 Å². The molecule has 2 unspecified atom stereocenters. The topological polar surface area (TPSA) is 60.0 Å². The summed E-state index contributed by atoms with van der Waals surface area (Å²) in [5, 5.41) is 6.97. The van der Waals surface area contributed by atoms with Gasteiger partial charge < -0.3 is 20.4 Å². The number of carbonyl (C=O) groups excluding carboxylic acids is 1. The van der Waals surface area contributed by atoms with Crippen molar-refractivity contribution in [3.05, 3.63) is 0 Å². The first-order valence-electron chi connectivity index (χ1n) is 10.6. The summed E-state index contributed by atoms with van der Waals surface area (Å²) in [5.41, 5.74) is 0. The van der Waals surface area contributed by atoms with Crippen molar-refractivity contribution in [2.75, 3.05) is 46.3 Å². The smallest absolute Gasteiger partial charge is 0.225 e. The van der Waals surface area contributed by atoms with E-state index in [4.69, 9.17) is 0 Å². The number of amides is 1. The van der Waals surface area contributed by atoms with Crippen LogP contribution in [0.5, 0.6) is 0 Å². The zero-order valence-electron chi connectivity index (χ0n) is 16.7. The molecule has 148 valence electrons. The molecule has 0 bridgehead atoms. The van der Waals surface area contributed by atoms with E-state index in [-0.39, 0.29) is 5.92 Å². The predicted molar refractivity (Wildman–Crippen MR) is 106 cm³/mol. The number of rotatable bonds is 5. The van der Waals surface area contributed by atoms with Crippen LogP contribution in [0.4, 0.5) is 0 Å². The Kier molecular flexibility index (Phi) is 7.17. The Labute approximate surface area is 158 Å². The van der Waals surface area contributed by atoms with E-state index in [0.717, 1.165) is 57.3 Å². The van der Waals surface area contributed by atoms with E-state index < -0.39 is 0 Å². The van der Waals surface area contributed by atoms with Gasteiger partial charge in [-0.25, -0.2) is 0 Å². The molecule has 2 aliphatic heterocycles. The second-order valence-electron chi connectivity index (χ2n) is 8.44. The highest BCUT2D eigenvalue weighted by Crippen LogP contribution is 2.27. The van der Waals surface area contributed by atoms with E-state index in [9.17, 15) is 4.79 Å². The Hall–Kier alpha value is -1.30. The van der Waals surface area contributed by atoms with E-state index >= 15 is 0 Å². The molecule has 2 N–H and O–H groups in total. The number of nitrogens with zero attached hydrogens (tertiary/aromatic N) is 3. The summed E-state index contributed by atoms with van der Waals surface area (Å²) in [6, 6.07) is 0.321. The molecule has 0 aromatic rings. The van der Waals surface area contributed by atoms with E-state index in [0.29, 0.717) is 11.9 Å². The third-order valence-corrected chi connectivity index (χ3v) is 6.23. The van der Waals surface area contributed by atoms with Gasteiger partial charge in [-0.15, -0.1) is 0 Å². The minimum Gasteiger partial charge on any atom is -0.355 e. The average Bonchev–Trinajstić information content (AvgIpc) is 3.32. The van der Waals surface area contributed by atoms with E-state index in [1.54, 1.807) is 0 Å². The van der Waals surface area contributed by atoms with Crippen molar-refractivity contribution >= 4 is 11.9 Å². The lowest BCUT2D eigenvalue weighted by molar-refractivity contribution is -0.134. The fourth-order valence-corrected chi connectivity index (χ4v) is 4.72. The quantitative estimate of drug-likeness (QED) is 0.576. The summed E-state index contributed by atoms with van der Waals surface area (Å²) in [6.07, 6.45) is 8.32. The number of piperidine rings is 1.